The first-order chi connectivity index (χ1) is 9.06. The summed E-state index contributed by atoms with van der Waals surface area (Å²) in [6.07, 6.45) is -15.8. The Kier molecular flexibility index (Phi) is 5.75. The van der Waals surface area contributed by atoms with Crippen molar-refractivity contribution in [1.29, 1.82) is 0 Å². The summed E-state index contributed by atoms with van der Waals surface area (Å²) in [7, 11) is -7.48. The molecule has 0 saturated carbocycles. The van der Waals surface area contributed by atoms with E-state index >= 15 is 0 Å². The Balaban J connectivity index is 5.98. The van der Waals surface area contributed by atoms with Gasteiger partial charge in [-0.3, -0.25) is 0 Å². The van der Waals surface area contributed by atoms with E-state index < -0.39 is 50.2 Å². The molecule has 0 aromatic rings. The zero-order valence-electron chi connectivity index (χ0n) is 10.1. The van der Waals surface area contributed by atoms with E-state index in [4.69, 9.17) is 4.89 Å². The number of halogens is 10. The molecule has 0 aliphatic rings. The van der Waals surface area contributed by atoms with Gasteiger partial charge >= 0.3 is 112 Å². The summed E-state index contributed by atoms with van der Waals surface area (Å²) in [5.74, 6) is 0. The Bertz CT molecular complexity index is 346. The molecule has 128 valence electrons. The van der Waals surface area contributed by atoms with Gasteiger partial charge in [-0.1, -0.05) is 0 Å². The van der Waals surface area contributed by atoms with Crippen LogP contribution in [-0.2, 0) is 0 Å². The van der Waals surface area contributed by atoms with Gasteiger partial charge in [0.25, 0.3) is 0 Å². The van der Waals surface area contributed by atoms with Crippen molar-refractivity contribution < 1.29 is 48.8 Å². The van der Waals surface area contributed by atoms with Gasteiger partial charge in [-0.05, 0) is 0 Å². The van der Waals surface area contributed by atoms with E-state index in [0.717, 1.165) is 6.08 Å². The van der Waals surface area contributed by atoms with Crippen LogP contribution in [0.1, 0.15) is 12.8 Å². The van der Waals surface area contributed by atoms with E-state index in [1.54, 1.807) is 0 Å². The molecule has 0 rings (SSSR count). The predicted molar refractivity (Wildman–Crippen MR) is 56.8 cm³/mol. The van der Waals surface area contributed by atoms with Gasteiger partial charge < -0.3 is 0 Å². The van der Waals surface area contributed by atoms with Crippen molar-refractivity contribution in [2.75, 3.05) is 6.16 Å². The van der Waals surface area contributed by atoms with Crippen molar-refractivity contribution in [3.05, 3.63) is 12.7 Å². The van der Waals surface area contributed by atoms with Gasteiger partial charge in [0.1, 0.15) is 0 Å². The average Bonchev–Trinajstić information content (AvgIpc) is 2.25. The van der Waals surface area contributed by atoms with Gasteiger partial charge in [0.15, 0.2) is 0 Å². The third-order valence-electron chi connectivity index (χ3n) is 2.70. The van der Waals surface area contributed by atoms with Gasteiger partial charge in [0.05, 0.1) is 0 Å². The number of allylic oxidation sites excluding steroid dienone is 1. The van der Waals surface area contributed by atoms with Crippen molar-refractivity contribution >= 4 is 7.49 Å². The van der Waals surface area contributed by atoms with Crippen LogP contribution in [0.25, 0.3) is 0 Å². The van der Waals surface area contributed by atoms with Crippen molar-refractivity contribution in [2.24, 2.45) is 0 Å². The van der Waals surface area contributed by atoms with Gasteiger partial charge in [-0.25, -0.2) is 0 Å². The molecule has 0 saturated heterocycles. The van der Waals surface area contributed by atoms with Gasteiger partial charge in [0.2, 0.25) is 0 Å². The molecule has 0 fully saturated rings. The van der Waals surface area contributed by atoms with Crippen molar-refractivity contribution in [2.45, 2.75) is 36.5 Å². The van der Waals surface area contributed by atoms with Gasteiger partial charge in [0, 0.05) is 0 Å². The third kappa shape index (κ3) is 3.44. The van der Waals surface area contributed by atoms with Gasteiger partial charge in [-0.15, -0.1) is 0 Å². The van der Waals surface area contributed by atoms with Crippen LogP contribution in [0.3, 0.4) is 0 Å². The minimum absolute atomic E-state index is 0.406. The monoisotopic (exact) mass is 356 g/mol. The fourth-order valence-electron chi connectivity index (χ4n) is 1.48. The van der Waals surface area contributed by atoms with E-state index in [2.05, 4.69) is 6.58 Å². The third-order valence-corrected chi connectivity index (χ3v) is 6.42. The van der Waals surface area contributed by atoms with Crippen LogP contribution in [0.2, 0.25) is 0 Å². The SMILES string of the molecule is C=CCCC[PH](O)(C(F)(F)C(F)(F)F)C(F)(F)C(F)(F)F. The second-order valence-electron chi connectivity index (χ2n) is 4.19. The summed E-state index contributed by atoms with van der Waals surface area (Å²) in [6.45, 7) is 3.02. The second kappa shape index (κ2) is 5.91. The van der Waals surface area contributed by atoms with Crippen LogP contribution in [0.5, 0.6) is 0 Å². The van der Waals surface area contributed by atoms with Crippen LogP contribution in [0, 0.1) is 0 Å². The standard InChI is InChI=1S/C9H11F10OP/c1-2-3-4-5-21(20,8(16,17)6(10,11)12)9(18,19)7(13,14)15/h2,20-21H,1,3-5H2. The first-order valence-corrected chi connectivity index (χ1v) is 7.44. The average molecular weight is 356 g/mol. The molecule has 0 unspecified atom stereocenters. The molecule has 1 nitrogen and oxygen atoms in total. The predicted octanol–water partition coefficient (Wildman–Crippen LogP) is 4.92. The molecule has 0 radical (unpaired) electrons. The minimum atomic E-state index is -7.48. The Hall–Kier alpha value is -0.570. The molecule has 0 heterocycles. The number of hydrogen-bond donors (Lipinski definition) is 1. The molecule has 1 N–H and O–H groups in total. The van der Waals surface area contributed by atoms with Crippen molar-refractivity contribution in [3.63, 3.8) is 0 Å². The van der Waals surface area contributed by atoms with Crippen LogP contribution < -0.4 is 0 Å². The van der Waals surface area contributed by atoms with Gasteiger partial charge in [-0.2, -0.15) is 0 Å². The molecule has 0 bridgehead atoms. The first kappa shape index (κ1) is 20.4. The molecule has 0 aromatic heterocycles. The molecular weight excluding hydrogens is 345 g/mol. The summed E-state index contributed by atoms with van der Waals surface area (Å²) < 4.78 is 125. The summed E-state index contributed by atoms with van der Waals surface area (Å²) >= 11 is 0. The van der Waals surface area contributed by atoms with Crippen LogP contribution >= 0.6 is 7.49 Å². The van der Waals surface area contributed by atoms with Crippen LogP contribution in [0.4, 0.5) is 43.9 Å². The van der Waals surface area contributed by atoms with E-state index in [1.807, 2.05) is 0 Å². The molecule has 0 aromatic carbocycles. The fraction of sp³-hybridized carbons (Fsp3) is 0.778. The topological polar surface area (TPSA) is 20.2 Å². The number of hydrogen-bond acceptors (Lipinski definition) is 1. The Morgan fingerprint density at radius 2 is 1.14 bits per heavy atom. The molecule has 0 spiro atoms. The van der Waals surface area contributed by atoms with Crippen LogP contribution in [0.15, 0.2) is 12.7 Å². The maximum absolute atomic E-state index is 13.1. The molecular formula is C9H11F10OP. The van der Waals surface area contributed by atoms with Crippen molar-refractivity contribution in [3.8, 4) is 0 Å². The molecule has 0 aliphatic heterocycles. The normalized spacial score (nSPS) is 16.0. The Morgan fingerprint density at radius 3 is 1.38 bits per heavy atom. The van der Waals surface area contributed by atoms with E-state index in [0.29, 0.717) is 0 Å². The molecule has 0 aliphatic carbocycles. The van der Waals surface area contributed by atoms with Crippen molar-refractivity contribution in [1.82, 2.24) is 0 Å². The summed E-state index contributed by atoms with van der Waals surface area (Å²) in [6, 6.07) is 0. The summed E-state index contributed by atoms with van der Waals surface area (Å²) in [4.78, 5) is 9.13. The molecule has 0 atom stereocenters. The van der Waals surface area contributed by atoms with Crippen LogP contribution in [-0.4, -0.2) is 34.7 Å². The van der Waals surface area contributed by atoms with E-state index in [-0.39, 0.29) is 0 Å². The summed E-state index contributed by atoms with van der Waals surface area (Å²) in [5, 5.41) is 0. The Labute approximate surface area is 113 Å². The summed E-state index contributed by atoms with van der Waals surface area (Å²) in [5.41, 5.74) is -13.1. The fourth-order valence-corrected chi connectivity index (χ4v) is 4.16. The molecule has 0 amide bonds. The second-order valence-corrected chi connectivity index (χ2v) is 7.66. The maximum atomic E-state index is 13.1. The quantitative estimate of drug-likeness (QED) is 0.310. The zero-order valence-corrected chi connectivity index (χ0v) is 11.1. The Morgan fingerprint density at radius 1 is 0.810 bits per heavy atom. The zero-order chi connectivity index (χ0) is 17.3. The molecule has 12 heteroatoms. The van der Waals surface area contributed by atoms with E-state index in [9.17, 15) is 43.9 Å². The number of alkyl halides is 10. The molecule has 21 heavy (non-hydrogen) atoms. The first-order valence-electron chi connectivity index (χ1n) is 5.28. The van der Waals surface area contributed by atoms with E-state index in [1.165, 1.54) is 0 Å². The number of rotatable bonds is 6. The number of unbranched alkanes of at least 4 members (excludes halogenated alkanes) is 1.